The molecule has 1 amide bonds. The molecular formula is C30H24N2O3. The summed E-state index contributed by atoms with van der Waals surface area (Å²) < 4.78 is 6.00. The van der Waals surface area contributed by atoms with Crippen molar-refractivity contribution in [2.45, 2.75) is 13.5 Å². The van der Waals surface area contributed by atoms with Gasteiger partial charge in [-0.1, -0.05) is 66.7 Å². The van der Waals surface area contributed by atoms with E-state index in [0.29, 0.717) is 12.3 Å². The zero-order valence-electron chi connectivity index (χ0n) is 19.2. The molecular weight excluding hydrogens is 436 g/mol. The van der Waals surface area contributed by atoms with E-state index in [0.717, 1.165) is 27.6 Å². The molecule has 0 bridgehead atoms. The number of benzene rings is 5. The molecule has 0 atom stereocenters. The number of hydrogen-bond donors (Lipinski definition) is 2. The molecule has 2 N–H and O–H groups in total. The Kier molecular flexibility index (Phi) is 6.14. The lowest BCUT2D eigenvalue weighted by atomic mass is 10.1. The number of hydrazone groups is 1. The maximum atomic E-state index is 12.6. The third kappa shape index (κ3) is 4.84. The second kappa shape index (κ2) is 9.69. The van der Waals surface area contributed by atoms with E-state index in [4.69, 9.17) is 4.74 Å². The molecule has 5 aromatic carbocycles. The Balaban J connectivity index is 1.24. The quantitative estimate of drug-likeness (QED) is 0.227. The average molecular weight is 461 g/mol. The molecule has 0 aliphatic rings. The van der Waals surface area contributed by atoms with Gasteiger partial charge in [-0.15, -0.1) is 0 Å². The first kappa shape index (κ1) is 22.2. The molecule has 0 radical (unpaired) electrons. The highest BCUT2D eigenvalue weighted by atomic mass is 16.5. The Morgan fingerprint density at radius 1 is 0.829 bits per heavy atom. The van der Waals surface area contributed by atoms with Crippen LogP contribution in [0.15, 0.2) is 108 Å². The van der Waals surface area contributed by atoms with Gasteiger partial charge in [0.05, 0.1) is 11.3 Å². The van der Waals surface area contributed by atoms with Crippen molar-refractivity contribution >= 4 is 33.2 Å². The van der Waals surface area contributed by atoms with Crippen molar-refractivity contribution in [2.75, 3.05) is 0 Å². The summed E-state index contributed by atoms with van der Waals surface area (Å²) in [6.45, 7) is 2.28. The number of aromatic hydroxyl groups is 1. The lowest BCUT2D eigenvalue weighted by Crippen LogP contribution is -2.19. The van der Waals surface area contributed by atoms with Crippen molar-refractivity contribution in [3.05, 3.63) is 120 Å². The number of fused-ring (bicyclic) bond motifs is 2. The zero-order valence-corrected chi connectivity index (χ0v) is 19.2. The van der Waals surface area contributed by atoms with Crippen LogP contribution in [-0.4, -0.2) is 16.7 Å². The van der Waals surface area contributed by atoms with Gasteiger partial charge in [-0.05, 0) is 76.0 Å². The third-order valence-electron chi connectivity index (χ3n) is 5.98. The molecule has 5 aromatic rings. The maximum absolute atomic E-state index is 12.6. The van der Waals surface area contributed by atoms with Gasteiger partial charge >= 0.3 is 0 Å². The van der Waals surface area contributed by atoms with Gasteiger partial charge in [0, 0.05) is 0 Å². The van der Waals surface area contributed by atoms with E-state index < -0.39 is 5.91 Å². The molecule has 0 aliphatic heterocycles. The van der Waals surface area contributed by atoms with Crippen LogP contribution < -0.4 is 10.2 Å². The molecule has 172 valence electrons. The summed E-state index contributed by atoms with van der Waals surface area (Å²) in [7, 11) is 0. The summed E-state index contributed by atoms with van der Waals surface area (Å²) in [5.74, 6) is 0.198. The topological polar surface area (TPSA) is 70.9 Å². The van der Waals surface area contributed by atoms with Gasteiger partial charge < -0.3 is 9.84 Å². The largest absolute Gasteiger partial charge is 0.507 e. The van der Waals surface area contributed by atoms with Crippen LogP contribution in [0.25, 0.3) is 21.5 Å². The summed E-state index contributed by atoms with van der Waals surface area (Å²) >= 11 is 0. The summed E-state index contributed by atoms with van der Waals surface area (Å²) in [6.07, 6.45) is 0. The van der Waals surface area contributed by atoms with Gasteiger partial charge in [-0.3, -0.25) is 4.79 Å². The van der Waals surface area contributed by atoms with Crippen LogP contribution >= 0.6 is 0 Å². The molecule has 35 heavy (non-hydrogen) atoms. The lowest BCUT2D eigenvalue weighted by molar-refractivity contribution is 0.0952. The molecule has 0 saturated carbocycles. The summed E-state index contributed by atoms with van der Waals surface area (Å²) in [5.41, 5.74) is 5.34. The predicted molar refractivity (Wildman–Crippen MR) is 140 cm³/mol. The van der Waals surface area contributed by atoms with Crippen molar-refractivity contribution < 1.29 is 14.6 Å². The summed E-state index contributed by atoms with van der Waals surface area (Å²) in [6, 6.07) is 32.8. The fourth-order valence-corrected chi connectivity index (χ4v) is 4.04. The van der Waals surface area contributed by atoms with Crippen molar-refractivity contribution in [1.29, 1.82) is 0 Å². The SMILES string of the molecule is C/C(=N/NC(=O)c1cc2ccccc2cc1O)c1ccc(OCc2cccc3ccccc23)cc1. The number of phenols is 1. The number of phenolic OH excluding ortho intramolecular Hbond substituents is 1. The predicted octanol–water partition coefficient (Wildman–Crippen LogP) is 6.43. The van der Waals surface area contributed by atoms with E-state index in [1.54, 1.807) is 12.1 Å². The van der Waals surface area contributed by atoms with Gasteiger partial charge in [0.1, 0.15) is 18.1 Å². The number of nitrogens with one attached hydrogen (secondary N) is 1. The molecule has 0 aromatic heterocycles. The Bertz CT molecular complexity index is 1550. The highest BCUT2D eigenvalue weighted by molar-refractivity contribution is 6.03. The molecule has 5 heteroatoms. The average Bonchev–Trinajstić information content (AvgIpc) is 2.90. The van der Waals surface area contributed by atoms with E-state index >= 15 is 0 Å². The van der Waals surface area contributed by atoms with E-state index in [9.17, 15) is 9.90 Å². The Morgan fingerprint density at radius 3 is 2.26 bits per heavy atom. The van der Waals surface area contributed by atoms with E-state index in [1.165, 1.54) is 10.8 Å². The van der Waals surface area contributed by atoms with Crippen LogP contribution in [0, 0.1) is 0 Å². The lowest BCUT2D eigenvalue weighted by Gasteiger charge is -2.10. The van der Waals surface area contributed by atoms with Gasteiger partial charge in [-0.25, -0.2) is 5.43 Å². The van der Waals surface area contributed by atoms with Gasteiger partial charge in [-0.2, -0.15) is 5.10 Å². The maximum Gasteiger partial charge on any atom is 0.275 e. The van der Waals surface area contributed by atoms with Crippen LogP contribution in [-0.2, 0) is 6.61 Å². The standard InChI is InChI=1S/C30H24N2O3/c1-20(31-32-30(34)28-17-23-8-2-3-9-24(23)18-29(28)33)21-13-15-26(16-14-21)35-19-25-11-6-10-22-7-4-5-12-27(22)25/h2-18,33H,19H2,1H3,(H,32,34)/b31-20-. The second-order valence-electron chi connectivity index (χ2n) is 8.31. The first-order valence-corrected chi connectivity index (χ1v) is 11.3. The number of hydrogen-bond acceptors (Lipinski definition) is 4. The van der Waals surface area contributed by atoms with Crippen molar-refractivity contribution in [2.24, 2.45) is 5.10 Å². The number of carbonyl (C=O) groups excluding carboxylic acids is 1. The highest BCUT2D eigenvalue weighted by Crippen LogP contribution is 2.25. The van der Waals surface area contributed by atoms with Crippen molar-refractivity contribution in [3.8, 4) is 11.5 Å². The molecule has 0 spiro atoms. The smallest absolute Gasteiger partial charge is 0.275 e. The summed E-state index contributed by atoms with van der Waals surface area (Å²) in [4.78, 5) is 12.6. The Labute approximate surface area is 203 Å². The minimum Gasteiger partial charge on any atom is -0.507 e. The van der Waals surface area contributed by atoms with Gasteiger partial charge in [0.15, 0.2) is 0 Å². The fourth-order valence-electron chi connectivity index (χ4n) is 4.04. The van der Waals surface area contributed by atoms with E-state index in [-0.39, 0.29) is 11.3 Å². The number of nitrogens with zero attached hydrogens (tertiary/aromatic N) is 1. The molecule has 0 unspecified atom stereocenters. The van der Waals surface area contributed by atoms with Crippen LogP contribution in [0.3, 0.4) is 0 Å². The van der Waals surface area contributed by atoms with Crippen LogP contribution in [0.2, 0.25) is 0 Å². The first-order valence-electron chi connectivity index (χ1n) is 11.3. The van der Waals surface area contributed by atoms with Gasteiger partial charge in [0.25, 0.3) is 5.91 Å². The third-order valence-corrected chi connectivity index (χ3v) is 5.98. The number of carbonyl (C=O) groups is 1. The Hall–Kier alpha value is -4.64. The molecule has 0 heterocycles. The van der Waals surface area contributed by atoms with Crippen LogP contribution in [0.4, 0.5) is 0 Å². The zero-order chi connectivity index (χ0) is 24.2. The molecule has 5 nitrogen and oxygen atoms in total. The molecule has 5 rings (SSSR count). The number of amides is 1. The summed E-state index contributed by atoms with van der Waals surface area (Å²) in [5, 5.41) is 18.6. The fraction of sp³-hybridized carbons (Fsp3) is 0.0667. The van der Waals surface area contributed by atoms with Crippen molar-refractivity contribution in [3.63, 3.8) is 0 Å². The van der Waals surface area contributed by atoms with Crippen LogP contribution in [0.5, 0.6) is 11.5 Å². The van der Waals surface area contributed by atoms with E-state index in [1.807, 2.05) is 73.7 Å². The van der Waals surface area contributed by atoms with E-state index in [2.05, 4.69) is 34.8 Å². The van der Waals surface area contributed by atoms with Gasteiger partial charge in [0.2, 0.25) is 0 Å². The molecule has 0 fully saturated rings. The number of ether oxygens (including phenoxy) is 1. The molecule has 0 saturated heterocycles. The minimum absolute atomic E-state index is 0.0817. The highest BCUT2D eigenvalue weighted by Gasteiger charge is 2.12. The first-order chi connectivity index (χ1) is 17.1. The normalized spacial score (nSPS) is 11.5. The Morgan fingerprint density at radius 2 is 1.49 bits per heavy atom. The second-order valence-corrected chi connectivity index (χ2v) is 8.31. The number of rotatable bonds is 6. The molecule has 0 aliphatic carbocycles. The van der Waals surface area contributed by atoms with Crippen LogP contribution in [0.1, 0.15) is 28.4 Å². The van der Waals surface area contributed by atoms with Crippen molar-refractivity contribution in [1.82, 2.24) is 5.43 Å². The minimum atomic E-state index is -0.470. The monoisotopic (exact) mass is 460 g/mol.